The van der Waals surface area contributed by atoms with Gasteiger partial charge in [0, 0.05) is 23.6 Å². The van der Waals surface area contributed by atoms with Crippen molar-refractivity contribution in [2.24, 2.45) is 0 Å². The van der Waals surface area contributed by atoms with Crippen LogP contribution < -0.4 is 0 Å². The average molecular weight is 246 g/mol. The number of ketones is 1. The van der Waals surface area contributed by atoms with Gasteiger partial charge in [-0.1, -0.05) is 31.2 Å². The Kier molecular flexibility index (Phi) is 3.51. The molecule has 0 spiro atoms. The molecule has 2 aromatic rings. The molecular formula is C15H12F2O. The standard InChI is InChI=1S/C15H12F2O/c1-2-15(18)13-6-4-3-5-11(13)12-8-7-10(16)9-14(12)17/h3-9H,2H2,1H3. The first-order valence-electron chi connectivity index (χ1n) is 5.71. The fraction of sp³-hybridized carbons (Fsp3) is 0.133. The third-order valence-corrected chi connectivity index (χ3v) is 2.77. The molecule has 0 amide bonds. The van der Waals surface area contributed by atoms with Crippen LogP contribution in [-0.2, 0) is 0 Å². The largest absolute Gasteiger partial charge is 0.294 e. The van der Waals surface area contributed by atoms with Crippen molar-refractivity contribution in [1.29, 1.82) is 0 Å². The van der Waals surface area contributed by atoms with Gasteiger partial charge in [0.05, 0.1) is 0 Å². The highest BCUT2D eigenvalue weighted by Gasteiger charge is 2.13. The molecule has 0 aliphatic rings. The fourth-order valence-corrected chi connectivity index (χ4v) is 1.86. The minimum absolute atomic E-state index is 0.0608. The molecule has 2 rings (SSSR count). The number of hydrogen-bond donors (Lipinski definition) is 0. The van der Waals surface area contributed by atoms with Gasteiger partial charge in [-0.2, -0.15) is 0 Å². The molecule has 0 heterocycles. The van der Waals surface area contributed by atoms with E-state index in [0.29, 0.717) is 17.5 Å². The van der Waals surface area contributed by atoms with E-state index in [0.717, 1.165) is 6.07 Å². The van der Waals surface area contributed by atoms with Gasteiger partial charge in [0.25, 0.3) is 0 Å². The number of rotatable bonds is 3. The summed E-state index contributed by atoms with van der Waals surface area (Å²) in [6, 6.07) is 10.1. The maximum Gasteiger partial charge on any atom is 0.163 e. The molecule has 0 saturated carbocycles. The minimum atomic E-state index is -0.661. The molecule has 0 atom stereocenters. The Hall–Kier alpha value is -2.03. The summed E-state index contributed by atoms with van der Waals surface area (Å²) >= 11 is 0. The highest BCUT2D eigenvalue weighted by Crippen LogP contribution is 2.27. The Morgan fingerprint density at radius 3 is 2.44 bits per heavy atom. The zero-order valence-electron chi connectivity index (χ0n) is 9.91. The Bertz CT molecular complexity index is 591. The summed E-state index contributed by atoms with van der Waals surface area (Å²) < 4.78 is 26.6. The van der Waals surface area contributed by atoms with Gasteiger partial charge in [0.1, 0.15) is 11.6 Å². The molecule has 18 heavy (non-hydrogen) atoms. The molecular weight excluding hydrogens is 234 g/mol. The van der Waals surface area contributed by atoms with Crippen molar-refractivity contribution in [2.75, 3.05) is 0 Å². The SMILES string of the molecule is CCC(=O)c1ccccc1-c1ccc(F)cc1F. The first-order chi connectivity index (χ1) is 8.63. The Morgan fingerprint density at radius 2 is 1.78 bits per heavy atom. The summed E-state index contributed by atoms with van der Waals surface area (Å²) in [6.45, 7) is 1.75. The predicted octanol–water partition coefficient (Wildman–Crippen LogP) is 4.22. The molecule has 2 aromatic carbocycles. The van der Waals surface area contributed by atoms with Crippen molar-refractivity contribution in [1.82, 2.24) is 0 Å². The molecule has 0 bridgehead atoms. The van der Waals surface area contributed by atoms with Crippen LogP contribution in [0.5, 0.6) is 0 Å². The summed E-state index contributed by atoms with van der Waals surface area (Å²) in [5.41, 5.74) is 1.21. The quantitative estimate of drug-likeness (QED) is 0.741. The van der Waals surface area contributed by atoms with Crippen LogP contribution in [0, 0.1) is 11.6 Å². The van der Waals surface area contributed by atoms with Crippen LogP contribution in [0.15, 0.2) is 42.5 Å². The van der Waals surface area contributed by atoms with Crippen LogP contribution in [-0.4, -0.2) is 5.78 Å². The van der Waals surface area contributed by atoms with Crippen LogP contribution >= 0.6 is 0 Å². The highest BCUT2D eigenvalue weighted by atomic mass is 19.1. The first-order valence-corrected chi connectivity index (χ1v) is 5.71. The van der Waals surface area contributed by atoms with E-state index < -0.39 is 11.6 Å². The van der Waals surface area contributed by atoms with Crippen molar-refractivity contribution in [3.8, 4) is 11.1 Å². The molecule has 0 aliphatic heterocycles. The number of benzene rings is 2. The first kappa shape index (κ1) is 12.4. The van der Waals surface area contributed by atoms with Crippen LogP contribution in [0.4, 0.5) is 8.78 Å². The molecule has 1 nitrogen and oxygen atoms in total. The smallest absolute Gasteiger partial charge is 0.163 e. The average Bonchev–Trinajstić information content (AvgIpc) is 2.38. The maximum atomic E-state index is 13.7. The zero-order chi connectivity index (χ0) is 13.1. The van der Waals surface area contributed by atoms with E-state index in [1.165, 1.54) is 12.1 Å². The monoisotopic (exact) mass is 246 g/mol. The Labute approximate surface area is 104 Å². The molecule has 0 aromatic heterocycles. The Morgan fingerprint density at radius 1 is 1.06 bits per heavy atom. The molecule has 0 unspecified atom stereocenters. The van der Waals surface area contributed by atoms with E-state index >= 15 is 0 Å². The van der Waals surface area contributed by atoms with Gasteiger partial charge < -0.3 is 0 Å². The van der Waals surface area contributed by atoms with Crippen molar-refractivity contribution >= 4 is 5.78 Å². The normalized spacial score (nSPS) is 10.4. The second-order valence-corrected chi connectivity index (χ2v) is 3.95. The van der Waals surface area contributed by atoms with Crippen molar-refractivity contribution in [2.45, 2.75) is 13.3 Å². The van der Waals surface area contributed by atoms with Crippen molar-refractivity contribution in [3.05, 3.63) is 59.7 Å². The van der Waals surface area contributed by atoms with Crippen LogP contribution in [0.3, 0.4) is 0 Å². The number of carbonyl (C=O) groups excluding carboxylic acids is 1. The number of Topliss-reactive ketones (excluding diaryl/α,β-unsaturated/α-hetero) is 1. The minimum Gasteiger partial charge on any atom is -0.294 e. The van der Waals surface area contributed by atoms with Gasteiger partial charge in [-0.25, -0.2) is 8.78 Å². The van der Waals surface area contributed by atoms with E-state index in [9.17, 15) is 13.6 Å². The van der Waals surface area contributed by atoms with Gasteiger partial charge in [0.15, 0.2) is 5.78 Å². The predicted molar refractivity (Wildman–Crippen MR) is 66.4 cm³/mol. The van der Waals surface area contributed by atoms with E-state index in [1.807, 2.05) is 0 Å². The van der Waals surface area contributed by atoms with Gasteiger partial charge in [0.2, 0.25) is 0 Å². The third kappa shape index (κ3) is 2.30. The molecule has 0 radical (unpaired) electrons. The Balaban J connectivity index is 2.60. The fourth-order valence-electron chi connectivity index (χ4n) is 1.86. The van der Waals surface area contributed by atoms with Crippen LogP contribution in [0.25, 0.3) is 11.1 Å². The lowest BCUT2D eigenvalue weighted by atomic mass is 9.96. The van der Waals surface area contributed by atoms with Crippen molar-refractivity contribution in [3.63, 3.8) is 0 Å². The number of carbonyl (C=O) groups is 1. The number of hydrogen-bond acceptors (Lipinski definition) is 1. The van der Waals surface area contributed by atoms with Gasteiger partial charge in [-0.3, -0.25) is 4.79 Å². The summed E-state index contributed by atoms with van der Waals surface area (Å²) in [6.07, 6.45) is 0.347. The topological polar surface area (TPSA) is 17.1 Å². The maximum absolute atomic E-state index is 13.7. The summed E-state index contributed by atoms with van der Waals surface area (Å²) in [5.74, 6) is -1.35. The molecule has 0 aliphatic carbocycles. The van der Waals surface area contributed by atoms with Gasteiger partial charge in [-0.05, 0) is 17.7 Å². The second kappa shape index (κ2) is 5.08. The van der Waals surface area contributed by atoms with Crippen LogP contribution in [0.2, 0.25) is 0 Å². The lowest BCUT2D eigenvalue weighted by Crippen LogP contribution is -2.00. The third-order valence-electron chi connectivity index (χ3n) is 2.77. The van der Waals surface area contributed by atoms with Gasteiger partial charge >= 0.3 is 0 Å². The van der Waals surface area contributed by atoms with E-state index in [4.69, 9.17) is 0 Å². The molecule has 0 N–H and O–H groups in total. The lowest BCUT2D eigenvalue weighted by molar-refractivity contribution is 0.0989. The van der Waals surface area contributed by atoms with E-state index in [2.05, 4.69) is 0 Å². The molecule has 3 heteroatoms. The van der Waals surface area contributed by atoms with Crippen LogP contribution in [0.1, 0.15) is 23.7 Å². The van der Waals surface area contributed by atoms with E-state index in [1.54, 1.807) is 31.2 Å². The summed E-state index contributed by atoms with van der Waals surface area (Å²) in [4.78, 5) is 11.8. The summed E-state index contributed by atoms with van der Waals surface area (Å²) in [7, 11) is 0. The van der Waals surface area contributed by atoms with Crippen molar-refractivity contribution < 1.29 is 13.6 Å². The number of halogens is 2. The molecule has 0 saturated heterocycles. The molecule has 0 fully saturated rings. The summed E-state index contributed by atoms with van der Waals surface area (Å²) in [5, 5.41) is 0. The second-order valence-electron chi connectivity index (χ2n) is 3.95. The van der Waals surface area contributed by atoms with E-state index in [-0.39, 0.29) is 11.3 Å². The highest BCUT2D eigenvalue weighted by molar-refractivity contribution is 6.02. The molecule has 92 valence electrons. The van der Waals surface area contributed by atoms with Gasteiger partial charge in [-0.15, -0.1) is 0 Å². The lowest BCUT2D eigenvalue weighted by Gasteiger charge is -2.09. The zero-order valence-corrected chi connectivity index (χ0v) is 9.91.